The highest BCUT2D eigenvalue weighted by atomic mass is 16.5. The Bertz CT molecular complexity index is 419. The van der Waals surface area contributed by atoms with Gasteiger partial charge in [0.05, 0.1) is 13.2 Å². The largest absolute Gasteiger partial charge is 0.496 e. The highest BCUT2D eigenvalue weighted by Crippen LogP contribution is 2.32. The Morgan fingerprint density at radius 2 is 1.89 bits per heavy atom. The van der Waals surface area contributed by atoms with Crippen molar-refractivity contribution < 1.29 is 9.53 Å². The maximum absolute atomic E-state index is 11.3. The molecule has 18 heavy (non-hydrogen) atoms. The lowest BCUT2D eigenvalue weighted by molar-refractivity contribution is -0.111. The number of likely N-dealkylation sites (N-methyl/N-ethyl adjacent to an activating group) is 1. The second-order valence-corrected chi connectivity index (χ2v) is 5.75. The van der Waals surface area contributed by atoms with E-state index in [4.69, 9.17) is 4.74 Å². The van der Waals surface area contributed by atoms with E-state index in [0.29, 0.717) is 0 Å². The molecule has 0 aliphatic rings. The minimum absolute atomic E-state index is 0.0563. The quantitative estimate of drug-likeness (QED) is 0.768. The minimum Gasteiger partial charge on any atom is -0.496 e. The third-order valence-corrected chi connectivity index (χ3v) is 3.10. The number of nitrogens with zero attached hydrogens (tertiary/aromatic N) is 1. The van der Waals surface area contributed by atoms with Gasteiger partial charge in [-0.15, -0.1) is 0 Å². The molecule has 0 aliphatic heterocycles. The first-order chi connectivity index (χ1) is 8.31. The number of aldehydes is 1. The zero-order chi connectivity index (χ0) is 13.9. The van der Waals surface area contributed by atoms with Gasteiger partial charge in [0.2, 0.25) is 0 Å². The highest BCUT2D eigenvalue weighted by Gasteiger charge is 2.21. The highest BCUT2D eigenvalue weighted by molar-refractivity contribution is 5.64. The summed E-state index contributed by atoms with van der Waals surface area (Å²) >= 11 is 0. The summed E-state index contributed by atoms with van der Waals surface area (Å²) in [4.78, 5) is 13.2. The second kappa shape index (κ2) is 5.53. The van der Waals surface area contributed by atoms with Gasteiger partial charge in [0.1, 0.15) is 12.0 Å². The molecule has 0 N–H and O–H groups in total. The van der Waals surface area contributed by atoms with Crippen molar-refractivity contribution in [3.05, 3.63) is 29.3 Å². The lowest BCUT2D eigenvalue weighted by Gasteiger charge is -2.25. The molecule has 1 aromatic carbocycles. The van der Waals surface area contributed by atoms with Gasteiger partial charge in [-0.1, -0.05) is 26.8 Å². The van der Waals surface area contributed by atoms with E-state index in [1.54, 1.807) is 7.11 Å². The number of methoxy groups -OCH3 is 1. The number of ether oxygens (including phenoxy) is 1. The molecule has 0 saturated carbocycles. The lowest BCUT2D eigenvalue weighted by Crippen LogP contribution is -2.22. The minimum atomic E-state index is -0.276. The fourth-order valence-corrected chi connectivity index (χ4v) is 1.91. The summed E-state index contributed by atoms with van der Waals surface area (Å²) in [7, 11) is 5.41. The van der Waals surface area contributed by atoms with Crippen molar-refractivity contribution in [2.75, 3.05) is 21.2 Å². The smallest absolute Gasteiger partial charge is 0.141 e. The molecule has 100 valence electrons. The van der Waals surface area contributed by atoms with Crippen LogP contribution in [-0.2, 0) is 10.2 Å². The molecule has 0 heterocycles. The van der Waals surface area contributed by atoms with Crippen LogP contribution in [0, 0.1) is 0 Å². The number of rotatable bonds is 4. The molecule has 3 nitrogen and oxygen atoms in total. The predicted molar refractivity (Wildman–Crippen MR) is 74.2 cm³/mol. The van der Waals surface area contributed by atoms with Crippen LogP contribution < -0.4 is 4.74 Å². The van der Waals surface area contributed by atoms with E-state index >= 15 is 0 Å². The van der Waals surface area contributed by atoms with Gasteiger partial charge in [0.15, 0.2) is 0 Å². The second-order valence-electron chi connectivity index (χ2n) is 5.75. The van der Waals surface area contributed by atoms with Crippen LogP contribution in [0.4, 0.5) is 0 Å². The first-order valence-electron chi connectivity index (χ1n) is 6.11. The van der Waals surface area contributed by atoms with Gasteiger partial charge in [-0.3, -0.25) is 4.90 Å². The number of carbonyl (C=O) groups is 1. The van der Waals surface area contributed by atoms with Crippen LogP contribution >= 0.6 is 0 Å². The number of benzene rings is 1. The van der Waals surface area contributed by atoms with Gasteiger partial charge in [0, 0.05) is 5.56 Å². The first kappa shape index (κ1) is 14.7. The van der Waals surface area contributed by atoms with E-state index in [2.05, 4.69) is 32.9 Å². The van der Waals surface area contributed by atoms with Gasteiger partial charge in [-0.2, -0.15) is 0 Å². The molecule has 0 aliphatic carbocycles. The molecule has 0 amide bonds. The molecule has 0 radical (unpaired) electrons. The van der Waals surface area contributed by atoms with Gasteiger partial charge >= 0.3 is 0 Å². The van der Waals surface area contributed by atoms with Crippen molar-refractivity contribution in [1.82, 2.24) is 4.90 Å². The standard InChI is InChI=1S/C15H23NO2/c1-15(2,3)11-7-8-14(18-6)12(9-11)13(10-17)16(4)5/h7-10,13H,1-6H3. The number of hydrogen-bond acceptors (Lipinski definition) is 3. The fourth-order valence-electron chi connectivity index (χ4n) is 1.91. The molecule has 3 heteroatoms. The van der Waals surface area contributed by atoms with Crippen LogP contribution in [-0.4, -0.2) is 32.4 Å². The SMILES string of the molecule is COc1ccc(C(C)(C)C)cc1C(C=O)N(C)C. The van der Waals surface area contributed by atoms with Gasteiger partial charge in [-0.05, 0) is 37.2 Å². The summed E-state index contributed by atoms with van der Waals surface area (Å²) in [6.45, 7) is 6.47. The summed E-state index contributed by atoms with van der Waals surface area (Å²) in [5.74, 6) is 0.758. The van der Waals surface area contributed by atoms with Crippen molar-refractivity contribution in [3.8, 4) is 5.75 Å². The molecule has 0 spiro atoms. The maximum Gasteiger partial charge on any atom is 0.141 e. The summed E-state index contributed by atoms with van der Waals surface area (Å²) in [6, 6.07) is 5.79. The third-order valence-electron chi connectivity index (χ3n) is 3.10. The Morgan fingerprint density at radius 1 is 1.28 bits per heavy atom. The van der Waals surface area contributed by atoms with Crippen molar-refractivity contribution >= 4 is 6.29 Å². The number of hydrogen-bond donors (Lipinski definition) is 0. The van der Waals surface area contributed by atoms with Crippen LogP contribution in [0.1, 0.15) is 37.9 Å². The monoisotopic (exact) mass is 249 g/mol. The number of carbonyl (C=O) groups excluding carboxylic acids is 1. The maximum atomic E-state index is 11.3. The molecule has 1 unspecified atom stereocenters. The lowest BCUT2D eigenvalue weighted by atomic mass is 9.85. The summed E-state index contributed by atoms with van der Waals surface area (Å²) in [6.07, 6.45) is 0.949. The van der Waals surface area contributed by atoms with Crippen molar-refractivity contribution in [2.24, 2.45) is 0 Å². The van der Waals surface area contributed by atoms with Crippen LogP contribution in [0.2, 0.25) is 0 Å². The van der Waals surface area contributed by atoms with Crippen LogP contribution in [0.15, 0.2) is 18.2 Å². The van der Waals surface area contributed by atoms with E-state index < -0.39 is 0 Å². The van der Waals surface area contributed by atoms with Crippen molar-refractivity contribution in [3.63, 3.8) is 0 Å². The Kier molecular flexibility index (Phi) is 4.52. The van der Waals surface area contributed by atoms with Crippen LogP contribution in [0.3, 0.4) is 0 Å². The summed E-state index contributed by atoms with van der Waals surface area (Å²) in [5.41, 5.74) is 2.18. The van der Waals surface area contributed by atoms with Crippen LogP contribution in [0.25, 0.3) is 0 Å². The molecule has 1 rings (SSSR count). The van der Waals surface area contributed by atoms with Gasteiger partial charge < -0.3 is 9.53 Å². The van der Waals surface area contributed by atoms with Crippen LogP contribution in [0.5, 0.6) is 5.75 Å². The molecular formula is C15H23NO2. The molecule has 0 aromatic heterocycles. The van der Waals surface area contributed by atoms with Gasteiger partial charge in [0.25, 0.3) is 0 Å². The molecule has 0 bridgehead atoms. The molecule has 1 aromatic rings. The Labute approximate surface area is 110 Å². The Morgan fingerprint density at radius 3 is 2.28 bits per heavy atom. The van der Waals surface area contributed by atoms with E-state index in [1.807, 2.05) is 25.1 Å². The predicted octanol–water partition coefficient (Wildman–Crippen LogP) is 2.79. The fraction of sp³-hybridized carbons (Fsp3) is 0.533. The average Bonchev–Trinajstić information content (AvgIpc) is 2.28. The Hall–Kier alpha value is -1.35. The third kappa shape index (κ3) is 3.10. The topological polar surface area (TPSA) is 29.5 Å². The summed E-state index contributed by atoms with van der Waals surface area (Å²) < 4.78 is 5.36. The van der Waals surface area contributed by atoms with Gasteiger partial charge in [-0.25, -0.2) is 0 Å². The summed E-state index contributed by atoms with van der Waals surface area (Å²) in [5, 5.41) is 0. The Balaban J connectivity index is 3.34. The molecule has 0 fully saturated rings. The van der Waals surface area contributed by atoms with Crippen molar-refractivity contribution in [2.45, 2.75) is 32.2 Å². The first-order valence-corrected chi connectivity index (χ1v) is 6.11. The van der Waals surface area contributed by atoms with E-state index in [0.717, 1.165) is 17.6 Å². The van der Waals surface area contributed by atoms with E-state index in [1.165, 1.54) is 5.56 Å². The van der Waals surface area contributed by atoms with E-state index in [9.17, 15) is 4.79 Å². The molecular weight excluding hydrogens is 226 g/mol. The zero-order valence-electron chi connectivity index (χ0n) is 12.2. The normalized spacial score (nSPS) is 13.5. The average molecular weight is 249 g/mol. The zero-order valence-corrected chi connectivity index (χ0v) is 12.2. The van der Waals surface area contributed by atoms with E-state index in [-0.39, 0.29) is 11.5 Å². The van der Waals surface area contributed by atoms with Crippen molar-refractivity contribution in [1.29, 1.82) is 0 Å². The molecule has 0 saturated heterocycles. The molecule has 1 atom stereocenters.